The van der Waals surface area contributed by atoms with Crippen molar-refractivity contribution in [1.29, 1.82) is 0 Å². The highest BCUT2D eigenvalue weighted by Gasteiger charge is 2.46. The number of hydrogen-bond acceptors (Lipinski definition) is 12. The predicted octanol–water partition coefficient (Wildman–Crippen LogP) is -0.270. The number of phenols is 4. The van der Waals surface area contributed by atoms with Crippen LogP contribution >= 0.6 is 0 Å². The quantitative estimate of drug-likeness (QED) is 0.163. The second-order valence-corrected chi connectivity index (χ2v) is 7.33. The van der Waals surface area contributed by atoms with Crippen molar-refractivity contribution < 1.29 is 59.5 Å². The Hall–Kier alpha value is -3.84. The minimum Gasteiger partial charge on any atom is -0.508 e. The lowest BCUT2D eigenvalue weighted by Crippen LogP contribution is -2.60. The third-order valence-corrected chi connectivity index (χ3v) is 4.91. The van der Waals surface area contributed by atoms with E-state index in [1.165, 1.54) is 18.2 Å². The van der Waals surface area contributed by atoms with Crippen LogP contribution in [-0.2, 0) is 19.0 Å². The molecule has 1 heterocycles. The van der Waals surface area contributed by atoms with Crippen LogP contribution in [0, 0.1) is 0 Å². The molecule has 2 aromatic carbocycles. The van der Waals surface area contributed by atoms with Crippen molar-refractivity contribution in [3.63, 3.8) is 0 Å². The minimum atomic E-state index is -1.92. The number of carbonyl (C=O) groups is 2. The molecule has 1 aliphatic rings. The first-order valence-electron chi connectivity index (χ1n) is 9.86. The van der Waals surface area contributed by atoms with Crippen LogP contribution in [0.25, 0.3) is 6.08 Å². The lowest BCUT2D eigenvalue weighted by Gasteiger charge is -2.39. The Labute approximate surface area is 192 Å². The number of rotatable bonds is 6. The summed E-state index contributed by atoms with van der Waals surface area (Å²) in [6.45, 7) is -0.547. The molecule has 0 amide bonds. The van der Waals surface area contributed by atoms with Crippen LogP contribution in [-0.4, -0.2) is 85.0 Å². The van der Waals surface area contributed by atoms with Crippen molar-refractivity contribution in [2.24, 2.45) is 0 Å². The van der Waals surface area contributed by atoms with Gasteiger partial charge in [-0.05, 0) is 35.9 Å². The van der Waals surface area contributed by atoms with Gasteiger partial charge in [-0.15, -0.1) is 0 Å². The average molecular weight is 478 g/mol. The second-order valence-electron chi connectivity index (χ2n) is 7.33. The molecule has 0 spiro atoms. The van der Waals surface area contributed by atoms with Gasteiger partial charge in [-0.1, -0.05) is 12.1 Å². The lowest BCUT2D eigenvalue weighted by molar-refractivity contribution is -0.286. The van der Waals surface area contributed by atoms with Gasteiger partial charge in [0.1, 0.15) is 30.7 Å². The van der Waals surface area contributed by atoms with Gasteiger partial charge in [-0.25, -0.2) is 9.59 Å². The zero-order valence-electron chi connectivity index (χ0n) is 17.4. The van der Waals surface area contributed by atoms with E-state index >= 15 is 0 Å². The highest BCUT2D eigenvalue weighted by molar-refractivity contribution is 5.91. The molecule has 3 rings (SSSR count). The topological polar surface area (TPSA) is 203 Å². The molecule has 1 fully saturated rings. The minimum absolute atomic E-state index is 0.0589. The average Bonchev–Trinajstić information content (AvgIpc) is 2.80. The van der Waals surface area contributed by atoms with E-state index in [1.807, 2.05) is 0 Å². The number of phenolic OH excluding ortho intramolecular Hbond substituents is 4. The van der Waals surface area contributed by atoms with E-state index in [2.05, 4.69) is 0 Å². The molecule has 2 aromatic rings. The van der Waals surface area contributed by atoms with Crippen LogP contribution in [0.4, 0.5) is 0 Å². The SMILES string of the molecule is O=C(/C=C/c1ccc(O)cc1)OC[C@@H]1O[C@H](O)[C@@H](OC(=O)c2cc(O)c(O)c(O)c2)[C@H](O)[C@H]1O. The van der Waals surface area contributed by atoms with Crippen molar-refractivity contribution in [2.45, 2.75) is 30.7 Å². The Kier molecular flexibility index (Phi) is 7.58. The van der Waals surface area contributed by atoms with Crippen molar-refractivity contribution in [3.05, 3.63) is 53.6 Å². The summed E-state index contributed by atoms with van der Waals surface area (Å²) in [5, 5.41) is 68.2. The third kappa shape index (κ3) is 5.74. The molecule has 7 N–H and O–H groups in total. The number of esters is 2. The highest BCUT2D eigenvalue weighted by atomic mass is 16.7. The van der Waals surface area contributed by atoms with Crippen LogP contribution in [0.3, 0.4) is 0 Å². The molecular weight excluding hydrogens is 456 g/mol. The fourth-order valence-electron chi connectivity index (χ4n) is 3.06. The van der Waals surface area contributed by atoms with Gasteiger partial charge in [0.05, 0.1) is 5.56 Å². The monoisotopic (exact) mass is 478 g/mol. The first kappa shape index (κ1) is 24.8. The van der Waals surface area contributed by atoms with Gasteiger partial charge in [0, 0.05) is 6.08 Å². The maximum absolute atomic E-state index is 12.3. The summed E-state index contributed by atoms with van der Waals surface area (Å²) in [4.78, 5) is 24.1. The largest absolute Gasteiger partial charge is 0.508 e. The van der Waals surface area contributed by atoms with E-state index in [0.717, 1.165) is 18.2 Å². The van der Waals surface area contributed by atoms with E-state index in [0.29, 0.717) is 5.56 Å². The zero-order chi connectivity index (χ0) is 25.0. The molecule has 5 atom stereocenters. The number of ether oxygens (including phenoxy) is 3. The molecular formula is C22H22O12. The molecule has 12 heteroatoms. The van der Waals surface area contributed by atoms with Gasteiger partial charge in [-0.3, -0.25) is 0 Å². The van der Waals surface area contributed by atoms with Crippen molar-refractivity contribution in [2.75, 3.05) is 6.61 Å². The molecule has 0 unspecified atom stereocenters. The summed E-state index contributed by atoms with van der Waals surface area (Å²) in [6, 6.07) is 7.53. The number of benzene rings is 2. The summed E-state index contributed by atoms with van der Waals surface area (Å²) in [5.41, 5.74) is 0.188. The zero-order valence-corrected chi connectivity index (χ0v) is 17.4. The first-order valence-corrected chi connectivity index (χ1v) is 9.86. The fourth-order valence-corrected chi connectivity index (χ4v) is 3.06. The second kappa shape index (κ2) is 10.4. The molecule has 12 nitrogen and oxygen atoms in total. The van der Waals surface area contributed by atoms with Gasteiger partial charge >= 0.3 is 11.9 Å². The summed E-state index contributed by atoms with van der Waals surface area (Å²) in [6.07, 6.45) is -6.10. The molecule has 1 aliphatic heterocycles. The highest BCUT2D eigenvalue weighted by Crippen LogP contribution is 2.36. The van der Waals surface area contributed by atoms with Gasteiger partial charge in [0.25, 0.3) is 0 Å². The normalized spacial score (nSPS) is 24.6. The molecule has 0 aromatic heterocycles. The number of hydrogen-bond donors (Lipinski definition) is 7. The summed E-state index contributed by atoms with van der Waals surface area (Å²) in [5.74, 6) is -4.45. The number of aliphatic hydroxyl groups is 3. The molecule has 182 valence electrons. The lowest BCUT2D eigenvalue weighted by atomic mass is 9.99. The summed E-state index contributed by atoms with van der Waals surface area (Å²) < 4.78 is 15.0. The predicted molar refractivity (Wildman–Crippen MR) is 112 cm³/mol. The fraction of sp³-hybridized carbons (Fsp3) is 0.273. The van der Waals surface area contributed by atoms with Crippen LogP contribution < -0.4 is 0 Å². The van der Waals surface area contributed by atoms with Crippen LogP contribution in [0.1, 0.15) is 15.9 Å². The van der Waals surface area contributed by atoms with Crippen LogP contribution in [0.5, 0.6) is 23.0 Å². The van der Waals surface area contributed by atoms with E-state index in [4.69, 9.17) is 14.2 Å². The Morgan fingerprint density at radius 3 is 2.18 bits per heavy atom. The molecule has 0 saturated carbocycles. The van der Waals surface area contributed by atoms with Gasteiger partial charge in [0.2, 0.25) is 0 Å². The maximum Gasteiger partial charge on any atom is 0.338 e. The molecule has 0 radical (unpaired) electrons. The summed E-state index contributed by atoms with van der Waals surface area (Å²) in [7, 11) is 0. The Morgan fingerprint density at radius 2 is 1.56 bits per heavy atom. The number of aliphatic hydroxyl groups excluding tert-OH is 3. The number of carbonyl (C=O) groups excluding carboxylic acids is 2. The maximum atomic E-state index is 12.3. The third-order valence-electron chi connectivity index (χ3n) is 4.91. The van der Waals surface area contributed by atoms with Gasteiger partial charge < -0.3 is 50.0 Å². The molecule has 34 heavy (non-hydrogen) atoms. The standard InChI is InChI=1S/C22H22O12/c23-12-4-1-10(2-5-12)3-6-16(26)32-9-15-18(28)19(29)20(22(31)33-15)34-21(30)11-7-13(24)17(27)14(25)8-11/h1-8,15,18-20,22-25,27-29,31H,9H2/b6-3+/t15-,18-,19+,20-,22-/m0/s1. The van der Waals surface area contributed by atoms with E-state index in [-0.39, 0.29) is 5.75 Å². The van der Waals surface area contributed by atoms with Crippen LogP contribution in [0.15, 0.2) is 42.5 Å². The van der Waals surface area contributed by atoms with Gasteiger partial charge in [0.15, 0.2) is 29.6 Å². The number of aromatic hydroxyl groups is 4. The summed E-state index contributed by atoms with van der Waals surface area (Å²) >= 11 is 0. The van der Waals surface area contributed by atoms with Crippen LogP contribution in [0.2, 0.25) is 0 Å². The Morgan fingerprint density at radius 1 is 0.941 bits per heavy atom. The smallest absolute Gasteiger partial charge is 0.338 e. The van der Waals surface area contributed by atoms with Crippen molar-refractivity contribution in [3.8, 4) is 23.0 Å². The molecule has 0 bridgehead atoms. The van der Waals surface area contributed by atoms with Crippen molar-refractivity contribution >= 4 is 18.0 Å². The molecule has 1 saturated heterocycles. The van der Waals surface area contributed by atoms with Crippen molar-refractivity contribution in [1.82, 2.24) is 0 Å². The van der Waals surface area contributed by atoms with E-state index < -0.39 is 72.1 Å². The van der Waals surface area contributed by atoms with Gasteiger partial charge in [-0.2, -0.15) is 0 Å². The first-order chi connectivity index (χ1) is 16.1. The Balaban J connectivity index is 1.57. The Bertz CT molecular complexity index is 1040. The van der Waals surface area contributed by atoms with E-state index in [1.54, 1.807) is 12.1 Å². The molecule has 0 aliphatic carbocycles. The van der Waals surface area contributed by atoms with E-state index in [9.17, 15) is 45.3 Å².